The van der Waals surface area contributed by atoms with Crippen LogP contribution in [0.15, 0.2) is 36.5 Å². The number of fused-ring (bicyclic) bond motifs is 1. The molecule has 0 radical (unpaired) electrons. The first-order valence-corrected chi connectivity index (χ1v) is 11.9. The Bertz CT molecular complexity index is 1350. The van der Waals surface area contributed by atoms with Gasteiger partial charge in [-0.2, -0.15) is 4.98 Å². The maximum atomic E-state index is 13.8. The SMILES string of the molecule is COc1nc2c(cc1C(=O)N1C[C@H](C)N(Cc3ccc(F)cc3)C[C@H]1C)c(C(=O)C(=O)N(C)C)cn2N. The summed E-state index contributed by atoms with van der Waals surface area (Å²) >= 11 is 0. The van der Waals surface area contributed by atoms with Gasteiger partial charge in [0.15, 0.2) is 5.65 Å². The zero-order valence-corrected chi connectivity index (χ0v) is 21.6. The normalized spacial score (nSPS) is 18.2. The number of piperazine rings is 1. The van der Waals surface area contributed by atoms with Gasteiger partial charge in [-0.15, -0.1) is 0 Å². The lowest BCUT2D eigenvalue weighted by atomic mass is 10.0. The number of ether oxygens (including phenoxy) is 1. The van der Waals surface area contributed by atoms with E-state index in [1.165, 1.54) is 50.5 Å². The fraction of sp³-hybridized carbons (Fsp3) is 0.385. The summed E-state index contributed by atoms with van der Waals surface area (Å²) < 4.78 is 19.9. The second-order valence-corrected chi connectivity index (χ2v) is 9.61. The molecule has 1 fully saturated rings. The van der Waals surface area contributed by atoms with Crippen LogP contribution in [0.4, 0.5) is 4.39 Å². The van der Waals surface area contributed by atoms with E-state index in [0.717, 1.165) is 10.2 Å². The van der Waals surface area contributed by atoms with E-state index in [2.05, 4.69) is 9.88 Å². The van der Waals surface area contributed by atoms with Gasteiger partial charge in [0.2, 0.25) is 5.88 Å². The van der Waals surface area contributed by atoms with Gasteiger partial charge >= 0.3 is 0 Å². The molecule has 0 aliphatic carbocycles. The second-order valence-electron chi connectivity index (χ2n) is 9.61. The summed E-state index contributed by atoms with van der Waals surface area (Å²) in [6, 6.07) is 7.83. The highest BCUT2D eigenvalue weighted by molar-refractivity contribution is 6.44. The standard InChI is InChI=1S/C26H31FN6O4/c1-15-12-32(16(2)11-31(15)13-17-6-8-18(27)9-7-17)25(35)20-10-19-21(22(34)26(36)30(3)4)14-33(28)23(19)29-24(20)37-5/h6-10,14-16H,11-13,28H2,1-5H3/t15-,16+/m0/s1. The van der Waals surface area contributed by atoms with Crippen molar-refractivity contribution in [2.24, 2.45) is 0 Å². The number of benzene rings is 1. The summed E-state index contributed by atoms with van der Waals surface area (Å²) in [4.78, 5) is 48.5. The maximum absolute atomic E-state index is 13.8. The van der Waals surface area contributed by atoms with Crippen molar-refractivity contribution in [3.8, 4) is 5.88 Å². The molecule has 0 spiro atoms. The molecule has 0 saturated carbocycles. The summed E-state index contributed by atoms with van der Waals surface area (Å²) in [6.07, 6.45) is 1.33. The molecule has 3 heterocycles. The topological polar surface area (TPSA) is 114 Å². The van der Waals surface area contributed by atoms with E-state index in [4.69, 9.17) is 10.6 Å². The van der Waals surface area contributed by atoms with E-state index >= 15 is 0 Å². The first-order valence-electron chi connectivity index (χ1n) is 11.9. The molecule has 2 N–H and O–H groups in total. The first-order chi connectivity index (χ1) is 17.5. The number of carbonyl (C=O) groups excluding carboxylic acids is 3. The Balaban J connectivity index is 1.63. The lowest BCUT2D eigenvalue weighted by molar-refractivity contribution is -0.124. The van der Waals surface area contributed by atoms with E-state index in [9.17, 15) is 18.8 Å². The molecule has 0 unspecified atom stereocenters. The van der Waals surface area contributed by atoms with E-state index in [0.29, 0.717) is 25.0 Å². The third-order valence-corrected chi connectivity index (χ3v) is 6.71. The van der Waals surface area contributed by atoms with Gasteiger partial charge in [-0.1, -0.05) is 12.1 Å². The lowest BCUT2D eigenvalue weighted by Gasteiger charge is -2.44. The molecule has 1 aliphatic rings. The van der Waals surface area contributed by atoms with Gasteiger partial charge in [-0.05, 0) is 37.6 Å². The van der Waals surface area contributed by atoms with Gasteiger partial charge in [-0.3, -0.25) is 24.0 Å². The van der Waals surface area contributed by atoms with E-state index < -0.39 is 11.7 Å². The summed E-state index contributed by atoms with van der Waals surface area (Å²) in [7, 11) is 4.37. The second kappa shape index (κ2) is 10.2. The smallest absolute Gasteiger partial charge is 0.294 e. The number of aromatic nitrogens is 2. The number of Topliss-reactive ketones (excluding diaryl/α,β-unsaturated/α-hetero) is 1. The van der Waals surface area contributed by atoms with Crippen molar-refractivity contribution in [3.05, 3.63) is 59.0 Å². The van der Waals surface area contributed by atoms with Gasteiger partial charge in [-0.25, -0.2) is 4.39 Å². The molecule has 2 atom stereocenters. The van der Waals surface area contributed by atoms with E-state index in [1.807, 2.05) is 13.8 Å². The lowest BCUT2D eigenvalue weighted by Crippen LogP contribution is -2.57. The monoisotopic (exact) mass is 510 g/mol. The number of nitrogens with zero attached hydrogens (tertiary/aromatic N) is 5. The Morgan fingerprint density at radius 2 is 1.78 bits per heavy atom. The molecular weight excluding hydrogens is 479 g/mol. The highest BCUT2D eigenvalue weighted by atomic mass is 19.1. The van der Waals surface area contributed by atoms with Crippen LogP contribution in [0.1, 0.15) is 40.1 Å². The number of nitrogen functional groups attached to an aromatic ring is 1. The molecule has 196 valence electrons. The van der Waals surface area contributed by atoms with Crippen molar-refractivity contribution in [1.82, 2.24) is 24.4 Å². The first kappa shape index (κ1) is 26.1. The minimum Gasteiger partial charge on any atom is -0.480 e. The molecule has 3 aromatic rings. The van der Waals surface area contributed by atoms with Crippen molar-refractivity contribution >= 4 is 28.6 Å². The van der Waals surface area contributed by atoms with Crippen LogP contribution in [0.5, 0.6) is 5.88 Å². The van der Waals surface area contributed by atoms with Crippen LogP contribution in [0.3, 0.4) is 0 Å². The van der Waals surface area contributed by atoms with Crippen LogP contribution < -0.4 is 10.6 Å². The van der Waals surface area contributed by atoms with Gasteiger partial charge in [0.05, 0.1) is 12.7 Å². The Morgan fingerprint density at radius 3 is 2.41 bits per heavy atom. The minimum absolute atomic E-state index is 0.0351. The molecular formula is C26H31FN6O4. The largest absolute Gasteiger partial charge is 0.480 e. The number of ketones is 1. The van der Waals surface area contributed by atoms with Crippen molar-refractivity contribution in [2.75, 3.05) is 40.1 Å². The summed E-state index contributed by atoms with van der Waals surface area (Å²) in [6.45, 7) is 5.70. The minimum atomic E-state index is -0.749. The zero-order valence-electron chi connectivity index (χ0n) is 21.6. The fourth-order valence-electron chi connectivity index (χ4n) is 4.64. The van der Waals surface area contributed by atoms with Gasteiger partial charge < -0.3 is 20.4 Å². The third kappa shape index (κ3) is 4.99. The highest BCUT2D eigenvalue weighted by Crippen LogP contribution is 2.29. The molecule has 0 bridgehead atoms. The predicted molar refractivity (Wildman–Crippen MR) is 136 cm³/mol. The van der Waals surface area contributed by atoms with Crippen LogP contribution in [0.2, 0.25) is 0 Å². The fourth-order valence-corrected chi connectivity index (χ4v) is 4.64. The number of rotatable bonds is 6. The molecule has 1 saturated heterocycles. The quantitative estimate of drug-likeness (QED) is 0.306. The van der Waals surface area contributed by atoms with Crippen LogP contribution in [-0.4, -0.2) is 88.3 Å². The number of amides is 2. The third-order valence-electron chi connectivity index (χ3n) is 6.71. The molecule has 10 nitrogen and oxygen atoms in total. The van der Waals surface area contributed by atoms with E-state index in [-0.39, 0.29) is 46.5 Å². The zero-order chi connectivity index (χ0) is 27.0. The molecule has 1 aliphatic heterocycles. The van der Waals surface area contributed by atoms with Crippen LogP contribution in [0, 0.1) is 5.82 Å². The van der Waals surface area contributed by atoms with Crippen LogP contribution in [0.25, 0.3) is 11.0 Å². The molecule has 1 aromatic carbocycles. The van der Waals surface area contributed by atoms with Gasteiger partial charge in [0.25, 0.3) is 17.6 Å². The maximum Gasteiger partial charge on any atom is 0.294 e. The highest BCUT2D eigenvalue weighted by Gasteiger charge is 2.34. The Labute approximate surface area is 214 Å². The number of methoxy groups -OCH3 is 1. The van der Waals surface area contributed by atoms with Crippen molar-refractivity contribution in [3.63, 3.8) is 0 Å². The number of nitrogens with two attached hydrogens (primary N) is 1. The summed E-state index contributed by atoms with van der Waals surface area (Å²) in [5.74, 6) is 4.05. The van der Waals surface area contributed by atoms with Gasteiger partial charge in [0.1, 0.15) is 11.4 Å². The molecule has 2 amide bonds. The van der Waals surface area contributed by atoms with Crippen LogP contribution in [-0.2, 0) is 11.3 Å². The average Bonchev–Trinajstić information content (AvgIpc) is 3.20. The number of carbonyl (C=O) groups is 3. The Kier molecular flexibility index (Phi) is 7.17. The van der Waals surface area contributed by atoms with E-state index in [1.54, 1.807) is 17.0 Å². The van der Waals surface area contributed by atoms with Crippen molar-refractivity contribution < 1.29 is 23.5 Å². The Hall–Kier alpha value is -3.99. The summed E-state index contributed by atoms with van der Waals surface area (Å²) in [5, 5.41) is 0.294. The number of likely N-dealkylation sites (N-methyl/N-ethyl adjacent to an activating group) is 1. The number of pyridine rings is 1. The molecule has 11 heteroatoms. The molecule has 37 heavy (non-hydrogen) atoms. The van der Waals surface area contributed by atoms with Gasteiger partial charge in [0, 0.05) is 57.4 Å². The van der Waals surface area contributed by atoms with Crippen LogP contribution >= 0.6 is 0 Å². The average molecular weight is 511 g/mol. The molecule has 2 aromatic heterocycles. The number of hydrogen-bond acceptors (Lipinski definition) is 7. The number of halogens is 1. The predicted octanol–water partition coefficient (Wildman–Crippen LogP) is 1.90. The summed E-state index contributed by atoms with van der Waals surface area (Å²) in [5.41, 5.74) is 1.45. The number of hydrogen-bond donors (Lipinski definition) is 1. The Morgan fingerprint density at radius 1 is 1.11 bits per heavy atom. The van der Waals surface area contributed by atoms with Crippen molar-refractivity contribution in [1.29, 1.82) is 0 Å². The van der Waals surface area contributed by atoms with Crippen molar-refractivity contribution in [2.45, 2.75) is 32.5 Å². The molecule has 4 rings (SSSR count).